The average Bonchev–Trinajstić information content (AvgIpc) is 2.34. The van der Waals surface area contributed by atoms with Crippen molar-refractivity contribution in [2.45, 2.75) is 26.3 Å². The van der Waals surface area contributed by atoms with Crippen LogP contribution >= 0.6 is 0 Å². The Bertz CT molecular complexity index is 258. The second-order valence-electron chi connectivity index (χ2n) is 3.40. The second-order valence-corrected chi connectivity index (χ2v) is 3.40. The van der Waals surface area contributed by atoms with Crippen LogP contribution in [0.1, 0.15) is 20.3 Å². The Morgan fingerprint density at radius 1 is 1.55 bits per heavy atom. The Hall–Kier alpha value is -0.850. The average molecular weight is 147 g/mol. The van der Waals surface area contributed by atoms with E-state index >= 15 is 0 Å². The SMILES string of the molecule is CC1=NC(C)C2CC=CC2=C1. The zero-order chi connectivity index (χ0) is 7.84. The fraction of sp³-hybridized carbons (Fsp3) is 0.500. The maximum absolute atomic E-state index is 4.53. The summed E-state index contributed by atoms with van der Waals surface area (Å²) in [5.74, 6) is 0.679. The number of hydrogen-bond donors (Lipinski definition) is 0. The van der Waals surface area contributed by atoms with E-state index in [-0.39, 0.29) is 0 Å². The molecule has 2 atom stereocenters. The zero-order valence-corrected chi connectivity index (χ0v) is 7.04. The third-order valence-corrected chi connectivity index (χ3v) is 2.49. The molecule has 11 heavy (non-hydrogen) atoms. The molecule has 58 valence electrons. The van der Waals surface area contributed by atoms with Gasteiger partial charge in [-0.1, -0.05) is 12.2 Å². The molecule has 1 heterocycles. The zero-order valence-electron chi connectivity index (χ0n) is 7.04. The molecule has 0 saturated carbocycles. The summed E-state index contributed by atoms with van der Waals surface area (Å²) >= 11 is 0. The van der Waals surface area contributed by atoms with Gasteiger partial charge in [0.05, 0.1) is 6.04 Å². The van der Waals surface area contributed by atoms with Crippen molar-refractivity contribution in [1.82, 2.24) is 0 Å². The largest absolute Gasteiger partial charge is 0.286 e. The molecule has 0 aromatic heterocycles. The number of dihydropyridines is 1. The highest BCUT2D eigenvalue weighted by molar-refractivity contribution is 5.95. The molecule has 0 saturated heterocycles. The number of hydrogen-bond acceptors (Lipinski definition) is 1. The third-order valence-electron chi connectivity index (χ3n) is 2.49. The van der Waals surface area contributed by atoms with Gasteiger partial charge in [0.15, 0.2) is 0 Å². The Morgan fingerprint density at radius 3 is 3.18 bits per heavy atom. The number of nitrogens with zero attached hydrogens (tertiary/aromatic N) is 1. The first-order valence-corrected chi connectivity index (χ1v) is 4.20. The highest BCUT2D eigenvalue weighted by atomic mass is 14.8. The molecule has 1 aliphatic heterocycles. The van der Waals surface area contributed by atoms with E-state index in [0.717, 1.165) is 0 Å². The fourth-order valence-corrected chi connectivity index (χ4v) is 1.93. The summed E-state index contributed by atoms with van der Waals surface area (Å²) in [7, 11) is 0. The van der Waals surface area contributed by atoms with Gasteiger partial charge < -0.3 is 0 Å². The number of fused-ring (bicyclic) bond motifs is 1. The van der Waals surface area contributed by atoms with Gasteiger partial charge in [-0.25, -0.2) is 0 Å². The van der Waals surface area contributed by atoms with Crippen molar-refractivity contribution < 1.29 is 0 Å². The van der Waals surface area contributed by atoms with Crippen molar-refractivity contribution in [3.8, 4) is 0 Å². The maximum atomic E-state index is 4.53. The Balaban J connectivity index is 2.35. The molecular weight excluding hydrogens is 134 g/mol. The lowest BCUT2D eigenvalue weighted by Gasteiger charge is -2.21. The Kier molecular flexibility index (Phi) is 1.45. The van der Waals surface area contributed by atoms with Crippen molar-refractivity contribution in [3.63, 3.8) is 0 Å². The minimum absolute atomic E-state index is 0.491. The van der Waals surface area contributed by atoms with E-state index in [4.69, 9.17) is 0 Å². The summed E-state index contributed by atoms with van der Waals surface area (Å²) in [6.45, 7) is 4.28. The molecular formula is C10H13N. The van der Waals surface area contributed by atoms with Gasteiger partial charge in [0.25, 0.3) is 0 Å². The molecule has 0 aromatic rings. The number of aliphatic imine (C=N–C) groups is 1. The summed E-state index contributed by atoms with van der Waals surface area (Å²) in [6.07, 6.45) is 7.87. The standard InChI is InChI=1S/C10H13N/c1-7-6-9-4-3-5-10(9)8(2)11-7/h3-4,6,8,10H,5H2,1-2H3. The van der Waals surface area contributed by atoms with Crippen LogP contribution < -0.4 is 0 Å². The molecule has 2 unspecified atom stereocenters. The van der Waals surface area contributed by atoms with Crippen molar-refractivity contribution >= 4 is 5.71 Å². The van der Waals surface area contributed by atoms with E-state index in [0.29, 0.717) is 12.0 Å². The second kappa shape index (κ2) is 2.33. The van der Waals surface area contributed by atoms with Crippen molar-refractivity contribution in [3.05, 3.63) is 23.8 Å². The number of allylic oxidation sites excluding steroid dienone is 3. The van der Waals surface area contributed by atoms with Crippen LogP contribution in [0.3, 0.4) is 0 Å². The normalized spacial score (nSPS) is 34.7. The molecule has 1 heteroatoms. The number of rotatable bonds is 0. The van der Waals surface area contributed by atoms with E-state index in [1.807, 2.05) is 0 Å². The van der Waals surface area contributed by atoms with Crippen LogP contribution in [0.15, 0.2) is 28.8 Å². The molecule has 0 amide bonds. The predicted octanol–water partition coefficient (Wildman–Crippen LogP) is 2.35. The monoisotopic (exact) mass is 147 g/mol. The lowest BCUT2D eigenvalue weighted by atomic mass is 9.91. The molecule has 0 bridgehead atoms. The van der Waals surface area contributed by atoms with Gasteiger partial charge in [-0.2, -0.15) is 0 Å². The van der Waals surface area contributed by atoms with Gasteiger partial charge in [0.1, 0.15) is 0 Å². The predicted molar refractivity (Wildman–Crippen MR) is 47.9 cm³/mol. The lowest BCUT2D eigenvalue weighted by Crippen LogP contribution is -2.19. The van der Waals surface area contributed by atoms with Gasteiger partial charge in [-0.3, -0.25) is 4.99 Å². The summed E-state index contributed by atoms with van der Waals surface area (Å²) in [5.41, 5.74) is 2.65. The van der Waals surface area contributed by atoms with Gasteiger partial charge in [-0.05, 0) is 31.9 Å². The first-order valence-electron chi connectivity index (χ1n) is 4.20. The molecule has 0 spiro atoms. The molecule has 0 N–H and O–H groups in total. The van der Waals surface area contributed by atoms with Crippen LogP contribution in [-0.4, -0.2) is 11.8 Å². The van der Waals surface area contributed by atoms with Crippen LogP contribution in [0.2, 0.25) is 0 Å². The Morgan fingerprint density at radius 2 is 2.36 bits per heavy atom. The molecule has 1 nitrogen and oxygen atoms in total. The van der Waals surface area contributed by atoms with Crippen LogP contribution in [0, 0.1) is 5.92 Å². The first kappa shape index (κ1) is 6.84. The molecule has 0 fully saturated rings. The van der Waals surface area contributed by atoms with E-state index in [1.165, 1.54) is 17.7 Å². The van der Waals surface area contributed by atoms with Crippen LogP contribution in [0.4, 0.5) is 0 Å². The lowest BCUT2D eigenvalue weighted by molar-refractivity contribution is 0.535. The summed E-state index contributed by atoms with van der Waals surface area (Å²) < 4.78 is 0. The van der Waals surface area contributed by atoms with Crippen LogP contribution in [-0.2, 0) is 0 Å². The smallest absolute Gasteiger partial charge is 0.0546 e. The minimum Gasteiger partial charge on any atom is -0.286 e. The van der Waals surface area contributed by atoms with Crippen molar-refractivity contribution in [2.75, 3.05) is 0 Å². The quantitative estimate of drug-likeness (QED) is 0.498. The Labute approximate surface area is 67.5 Å². The summed E-state index contributed by atoms with van der Waals surface area (Å²) in [6, 6.07) is 0.491. The highest BCUT2D eigenvalue weighted by Crippen LogP contribution is 2.31. The third kappa shape index (κ3) is 1.05. The minimum atomic E-state index is 0.491. The van der Waals surface area contributed by atoms with Crippen LogP contribution in [0.5, 0.6) is 0 Å². The van der Waals surface area contributed by atoms with Gasteiger partial charge >= 0.3 is 0 Å². The molecule has 1 aliphatic carbocycles. The highest BCUT2D eigenvalue weighted by Gasteiger charge is 2.24. The summed E-state index contributed by atoms with van der Waals surface area (Å²) in [4.78, 5) is 4.53. The fourth-order valence-electron chi connectivity index (χ4n) is 1.93. The molecule has 2 aliphatic rings. The van der Waals surface area contributed by atoms with E-state index < -0.39 is 0 Å². The molecule has 0 radical (unpaired) electrons. The molecule has 0 aromatic carbocycles. The summed E-state index contributed by atoms with van der Waals surface area (Å²) in [5, 5.41) is 0. The van der Waals surface area contributed by atoms with Gasteiger partial charge in [-0.15, -0.1) is 0 Å². The van der Waals surface area contributed by atoms with Gasteiger partial charge in [0, 0.05) is 11.6 Å². The van der Waals surface area contributed by atoms with Crippen LogP contribution in [0.25, 0.3) is 0 Å². The van der Waals surface area contributed by atoms with Crippen molar-refractivity contribution in [1.29, 1.82) is 0 Å². The van der Waals surface area contributed by atoms with Gasteiger partial charge in [0.2, 0.25) is 0 Å². The van der Waals surface area contributed by atoms with Crippen molar-refractivity contribution in [2.24, 2.45) is 10.9 Å². The van der Waals surface area contributed by atoms with E-state index in [9.17, 15) is 0 Å². The topological polar surface area (TPSA) is 12.4 Å². The maximum Gasteiger partial charge on any atom is 0.0546 e. The van der Waals surface area contributed by atoms with E-state index in [2.05, 4.69) is 37.1 Å². The molecule has 2 rings (SSSR count). The van der Waals surface area contributed by atoms with E-state index in [1.54, 1.807) is 0 Å². The first-order chi connectivity index (χ1) is 5.27.